The average molecular weight is 207 g/mol. The maximum atomic E-state index is 10.6. The minimum Gasteiger partial charge on any atom is -0.488 e. The van der Waals surface area contributed by atoms with Crippen LogP contribution in [0.5, 0.6) is 5.75 Å². The van der Waals surface area contributed by atoms with E-state index in [9.17, 15) is 4.79 Å². The van der Waals surface area contributed by atoms with E-state index in [-0.39, 0.29) is 12.0 Å². The van der Waals surface area contributed by atoms with Crippen molar-refractivity contribution in [1.29, 1.82) is 0 Å². The molecule has 0 spiro atoms. The summed E-state index contributed by atoms with van der Waals surface area (Å²) in [4.78, 5) is 16.5. The van der Waals surface area contributed by atoms with Crippen molar-refractivity contribution < 1.29 is 9.53 Å². The van der Waals surface area contributed by atoms with Crippen molar-refractivity contribution >= 4 is 5.91 Å². The number of carbonyl (C=O) groups is 1. The third-order valence-corrected chi connectivity index (χ3v) is 2.26. The number of amides is 1. The molecule has 1 aromatic heterocycles. The molecule has 2 rings (SSSR count). The number of hydrogen-bond acceptors (Lipinski definition) is 4. The van der Waals surface area contributed by atoms with Crippen molar-refractivity contribution in [3.63, 3.8) is 0 Å². The molecule has 0 atom stereocenters. The van der Waals surface area contributed by atoms with Gasteiger partial charge in [-0.05, 0) is 12.1 Å². The number of nitrogens with two attached hydrogens (primary N) is 1. The monoisotopic (exact) mass is 207 g/mol. The van der Waals surface area contributed by atoms with Crippen LogP contribution in [0.3, 0.4) is 0 Å². The molecule has 2 heterocycles. The lowest BCUT2D eigenvalue weighted by atomic mass is 10.1. The number of rotatable bonds is 4. The van der Waals surface area contributed by atoms with E-state index in [4.69, 9.17) is 10.5 Å². The maximum absolute atomic E-state index is 10.6. The molecule has 15 heavy (non-hydrogen) atoms. The van der Waals surface area contributed by atoms with Gasteiger partial charge in [0.15, 0.2) is 0 Å². The summed E-state index contributed by atoms with van der Waals surface area (Å²) < 4.78 is 5.63. The normalized spacial score (nSPS) is 17.1. The quantitative estimate of drug-likeness (QED) is 0.731. The van der Waals surface area contributed by atoms with Crippen molar-refractivity contribution in [1.82, 2.24) is 9.88 Å². The van der Waals surface area contributed by atoms with E-state index in [0.29, 0.717) is 6.54 Å². The highest BCUT2D eigenvalue weighted by atomic mass is 16.5. The van der Waals surface area contributed by atoms with Gasteiger partial charge in [0.1, 0.15) is 11.9 Å². The van der Waals surface area contributed by atoms with Crippen LogP contribution in [0.25, 0.3) is 0 Å². The van der Waals surface area contributed by atoms with Gasteiger partial charge in [-0.2, -0.15) is 0 Å². The second-order valence-electron chi connectivity index (χ2n) is 3.58. The molecule has 0 unspecified atom stereocenters. The summed E-state index contributed by atoms with van der Waals surface area (Å²) in [6.07, 6.45) is 3.54. The summed E-state index contributed by atoms with van der Waals surface area (Å²) in [6.45, 7) is 1.83. The third-order valence-electron chi connectivity index (χ3n) is 2.26. The summed E-state index contributed by atoms with van der Waals surface area (Å²) in [5.41, 5.74) is 5.07. The fourth-order valence-electron chi connectivity index (χ4n) is 1.56. The zero-order valence-corrected chi connectivity index (χ0v) is 8.30. The SMILES string of the molecule is NC(=O)CN1CC(Oc2ccncc2)C1. The molecule has 5 nitrogen and oxygen atoms in total. The van der Waals surface area contributed by atoms with Crippen LogP contribution in [0.1, 0.15) is 0 Å². The molecule has 1 aliphatic heterocycles. The van der Waals surface area contributed by atoms with E-state index in [1.165, 1.54) is 0 Å². The first-order valence-electron chi connectivity index (χ1n) is 4.81. The number of hydrogen-bond donors (Lipinski definition) is 1. The third kappa shape index (κ3) is 2.66. The first kappa shape index (κ1) is 9.92. The van der Waals surface area contributed by atoms with E-state index < -0.39 is 0 Å². The largest absolute Gasteiger partial charge is 0.488 e. The van der Waals surface area contributed by atoms with Gasteiger partial charge in [0.2, 0.25) is 5.91 Å². The van der Waals surface area contributed by atoms with Crippen molar-refractivity contribution in [3.8, 4) is 5.75 Å². The lowest BCUT2D eigenvalue weighted by molar-refractivity contribution is -0.121. The van der Waals surface area contributed by atoms with E-state index >= 15 is 0 Å². The van der Waals surface area contributed by atoms with Crippen molar-refractivity contribution in [3.05, 3.63) is 24.5 Å². The van der Waals surface area contributed by atoms with E-state index in [2.05, 4.69) is 4.98 Å². The number of primary amides is 1. The van der Waals surface area contributed by atoms with Crippen LogP contribution in [0, 0.1) is 0 Å². The molecule has 1 fully saturated rings. The average Bonchev–Trinajstić information content (AvgIpc) is 2.15. The zero-order valence-electron chi connectivity index (χ0n) is 8.30. The number of aromatic nitrogens is 1. The summed E-state index contributed by atoms with van der Waals surface area (Å²) in [5.74, 6) is 0.520. The molecule has 0 aromatic carbocycles. The Morgan fingerprint density at radius 1 is 1.53 bits per heavy atom. The second kappa shape index (κ2) is 4.27. The van der Waals surface area contributed by atoms with Gasteiger partial charge < -0.3 is 10.5 Å². The van der Waals surface area contributed by atoms with Gasteiger partial charge in [-0.15, -0.1) is 0 Å². The molecule has 0 radical (unpaired) electrons. The lowest BCUT2D eigenvalue weighted by Crippen LogP contribution is -2.55. The van der Waals surface area contributed by atoms with Crippen LogP contribution < -0.4 is 10.5 Å². The van der Waals surface area contributed by atoms with E-state index in [1.807, 2.05) is 17.0 Å². The Morgan fingerprint density at radius 3 is 2.80 bits per heavy atom. The van der Waals surface area contributed by atoms with Crippen molar-refractivity contribution in [2.24, 2.45) is 5.73 Å². The van der Waals surface area contributed by atoms with Gasteiger partial charge in [-0.1, -0.05) is 0 Å². The number of carbonyl (C=O) groups excluding carboxylic acids is 1. The predicted molar refractivity (Wildman–Crippen MR) is 54.3 cm³/mol. The number of nitrogens with zero attached hydrogens (tertiary/aromatic N) is 2. The minimum atomic E-state index is -0.294. The second-order valence-corrected chi connectivity index (χ2v) is 3.58. The van der Waals surface area contributed by atoms with E-state index in [1.54, 1.807) is 12.4 Å². The van der Waals surface area contributed by atoms with Crippen LogP contribution in [-0.4, -0.2) is 41.5 Å². The molecule has 0 aliphatic carbocycles. The highest BCUT2D eigenvalue weighted by Crippen LogP contribution is 2.16. The predicted octanol–water partition coefficient (Wildman–Crippen LogP) is -0.370. The van der Waals surface area contributed by atoms with Crippen LogP contribution in [0.2, 0.25) is 0 Å². The zero-order chi connectivity index (χ0) is 10.7. The number of pyridine rings is 1. The topological polar surface area (TPSA) is 68.5 Å². The lowest BCUT2D eigenvalue weighted by Gasteiger charge is -2.38. The van der Waals surface area contributed by atoms with Gasteiger partial charge >= 0.3 is 0 Å². The molecule has 2 N–H and O–H groups in total. The van der Waals surface area contributed by atoms with Crippen LogP contribution >= 0.6 is 0 Å². The fourth-order valence-corrected chi connectivity index (χ4v) is 1.56. The Bertz CT molecular complexity index is 336. The van der Waals surface area contributed by atoms with Crippen molar-refractivity contribution in [2.75, 3.05) is 19.6 Å². The summed E-state index contributed by atoms with van der Waals surface area (Å²) in [5, 5.41) is 0. The van der Waals surface area contributed by atoms with Gasteiger partial charge in [0.25, 0.3) is 0 Å². The summed E-state index contributed by atoms with van der Waals surface area (Å²) in [7, 11) is 0. The highest BCUT2D eigenvalue weighted by Gasteiger charge is 2.28. The Morgan fingerprint density at radius 2 is 2.20 bits per heavy atom. The van der Waals surface area contributed by atoms with Gasteiger partial charge in [0.05, 0.1) is 6.54 Å². The Labute approximate surface area is 87.8 Å². The number of ether oxygens (including phenoxy) is 1. The Kier molecular flexibility index (Phi) is 2.82. The number of likely N-dealkylation sites (tertiary alicyclic amines) is 1. The van der Waals surface area contributed by atoms with Crippen molar-refractivity contribution in [2.45, 2.75) is 6.10 Å². The highest BCUT2D eigenvalue weighted by molar-refractivity contribution is 5.76. The van der Waals surface area contributed by atoms with Crippen LogP contribution in [-0.2, 0) is 4.79 Å². The Balaban J connectivity index is 1.74. The molecule has 80 valence electrons. The molecule has 1 saturated heterocycles. The first-order chi connectivity index (χ1) is 7.24. The van der Waals surface area contributed by atoms with E-state index in [0.717, 1.165) is 18.8 Å². The summed E-state index contributed by atoms with van der Waals surface area (Å²) >= 11 is 0. The van der Waals surface area contributed by atoms with Gasteiger partial charge in [-0.25, -0.2) is 0 Å². The summed E-state index contributed by atoms with van der Waals surface area (Å²) in [6, 6.07) is 3.63. The first-order valence-corrected chi connectivity index (χ1v) is 4.81. The smallest absolute Gasteiger partial charge is 0.231 e. The standard InChI is InChI=1S/C10H13N3O2/c11-10(14)7-13-5-9(6-13)15-8-1-3-12-4-2-8/h1-4,9H,5-7H2,(H2,11,14). The van der Waals surface area contributed by atoms with Crippen LogP contribution in [0.15, 0.2) is 24.5 Å². The molecular weight excluding hydrogens is 194 g/mol. The molecule has 0 bridgehead atoms. The minimum absolute atomic E-state index is 0.159. The van der Waals surface area contributed by atoms with Gasteiger partial charge in [0, 0.05) is 25.5 Å². The van der Waals surface area contributed by atoms with Crippen LogP contribution in [0.4, 0.5) is 0 Å². The molecule has 1 amide bonds. The fraction of sp³-hybridized carbons (Fsp3) is 0.400. The maximum Gasteiger partial charge on any atom is 0.231 e. The van der Waals surface area contributed by atoms with Gasteiger partial charge in [-0.3, -0.25) is 14.7 Å². The molecule has 1 aliphatic rings. The molecule has 5 heteroatoms. The Hall–Kier alpha value is -1.62. The molecule has 1 aromatic rings. The molecule has 0 saturated carbocycles. The molecular formula is C10H13N3O2.